The molecule has 0 rings (SSSR count). The molecule has 3 N–H and O–H groups in total. The molecule has 0 aliphatic heterocycles. The van der Waals surface area contributed by atoms with Gasteiger partial charge in [-0.1, -0.05) is 60.8 Å². The third-order valence-electron chi connectivity index (χ3n) is 3.14. The van der Waals surface area contributed by atoms with Crippen LogP contribution in [0.1, 0.15) is 86.5 Å². The Morgan fingerprint density at radius 1 is 0.455 bits per heavy atom. The van der Waals surface area contributed by atoms with Crippen molar-refractivity contribution in [2.45, 2.75) is 86.5 Å². The lowest BCUT2D eigenvalue weighted by molar-refractivity contribution is 0.478. The zero-order valence-corrected chi connectivity index (χ0v) is 23.0. The van der Waals surface area contributed by atoms with Crippen molar-refractivity contribution in [2.75, 3.05) is 29.3 Å². The molecule has 0 bridgehead atoms. The maximum absolute atomic E-state index is 10.4. The maximum atomic E-state index is 10.4. The van der Waals surface area contributed by atoms with Gasteiger partial charge in [0.25, 0.3) is 30.4 Å². The molecule has 0 heterocycles. The highest BCUT2D eigenvalue weighted by atomic mass is 32.2. The van der Waals surface area contributed by atoms with E-state index < -0.39 is 40.2 Å². The quantitative estimate of drug-likeness (QED) is 0.292. The van der Waals surface area contributed by atoms with Crippen LogP contribution in [-0.2, 0) is 40.2 Å². The van der Waals surface area contributed by atoms with Gasteiger partial charge in [-0.05, 0) is 25.7 Å². The first-order valence-corrected chi connectivity index (χ1v) is 17.2. The van der Waals surface area contributed by atoms with E-state index in [1.807, 2.05) is 27.7 Å². The van der Waals surface area contributed by atoms with Crippen LogP contribution in [-0.4, -0.2) is 76.6 Å². The molecule has 15 heteroatoms. The first-order chi connectivity index (χ1) is 14.2. The lowest BCUT2D eigenvalue weighted by atomic mass is 10.4. The molecule has 0 fully saturated rings. The maximum Gasteiger partial charge on any atom is 0.264 e. The Bertz CT molecular complexity index is 686. The summed E-state index contributed by atoms with van der Waals surface area (Å²) >= 11 is 0. The standard InChI is InChI=1S/C5H12O2S.3C4H10O3S.CH4/c1-3-4-5-8(2,6)7;3*1-2-3-4-8(5,6)7;/h3-5H2,1-2H3;3*2-4H2,1H3,(H,5,6,7);1H4. The fraction of sp³-hybridized carbons (Fsp3) is 1.00. The lowest BCUT2D eigenvalue weighted by Gasteiger charge is -1.91. The normalized spacial score (nSPS) is 11.4. The summed E-state index contributed by atoms with van der Waals surface area (Å²) in [5.41, 5.74) is 0. The highest BCUT2D eigenvalue weighted by molar-refractivity contribution is 7.90. The van der Waals surface area contributed by atoms with Crippen LogP contribution in [0.2, 0.25) is 0 Å². The molecule has 0 atom stereocenters. The summed E-state index contributed by atoms with van der Waals surface area (Å²) in [6.45, 7) is 7.58. The first-order valence-electron chi connectivity index (χ1n) is 10.3. The minimum Gasteiger partial charge on any atom is -0.286 e. The predicted octanol–water partition coefficient (Wildman–Crippen LogP) is 3.49. The number of hydrogen-bond acceptors (Lipinski definition) is 8. The van der Waals surface area contributed by atoms with E-state index in [4.69, 9.17) is 13.7 Å². The van der Waals surface area contributed by atoms with Crippen molar-refractivity contribution in [3.8, 4) is 0 Å². The zero-order chi connectivity index (χ0) is 26.5. The van der Waals surface area contributed by atoms with Crippen molar-refractivity contribution in [3.63, 3.8) is 0 Å². The van der Waals surface area contributed by atoms with Crippen LogP contribution in [0.25, 0.3) is 0 Å². The van der Waals surface area contributed by atoms with Crippen molar-refractivity contribution < 1.29 is 47.3 Å². The molecule has 33 heavy (non-hydrogen) atoms. The molecule has 0 aromatic rings. The molecule has 0 amide bonds. The molecular formula is C18H46O11S4. The summed E-state index contributed by atoms with van der Waals surface area (Å²) in [6, 6.07) is 0. The third kappa shape index (κ3) is 72.1. The van der Waals surface area contributed by atoms with E-state index in [1.54, 1.807) is 0 Å². The summed E-state index contributed by atoms with van der Waals surface area (Å²) in [5, 5.41) is 0. The smallest absolute Gasteiger partial charge is 0.264 e. The van der Waals surface area contributed by atoms with Gasteiger partial charge in [-0.15, -0.1) is 0 Å². The van der Waals surface area contributed by atoms with Gasteiger partial charge in [-0.25, -0.2) is 8.42 Å². The van der Waals surface area contributed by atoms with E-state index >= 15 is 0 Å². The molecule has 0 aliphatic rings. The second-order valence-electron chi connectivity index (χ2n) is 6.90. The third-order valence-corrected chi connectivity index (χ3v) is 6.58. The van der Waals surface area contributed by atoms with E-state index in [0.717, 1.165) is 32.1 Å². The Morgan fingerprint density at radius 2 is 0.636 bits per heavy atom. The summed E-state index contributed by atoms with van der Waals surface area (Å²) in [5.74, 6) is 0.0139. The molecule has 0 radical (unpaired) electrons. The molecule has 208 valence electrons. The van der Waals surface area contributed by atoms with Crippen molar-refractivity contribution >= 4 is 40.2 Å². The van der Waals surface area contributed by atoms with Gasteiger partial charge in [-0.3, -0.25) is 13.7 Å². The van der Waals surface area contributed by atoms with Gasteiger partial charge in [0.2, 0.25) is 0 Å². The van der Waals surface area contributed by atoms with Crippen LogP contribution in [0, 0.1) is 0 Å². The Balaban J connectivity index is -0.000000105. The fourth-order valence-electron chi connectivity index (χ4n) is 1.39. The van der Waals surface area contributed by atoms with E-state index in [0.29, 0.717) is 25.0 Å². The SMILES string of the molecule is C.CCCCS(=O)(=O)O.CCCCS(=O)(=O)O.CCCCS(=O)(=O)O.CCCCS(C)(=O)=O. The van der Waals surface area contributed by atoms with Gasteiger partial charge in [-0.2, -0.15) is 25.3 Å². The van der Waals surface area contributed by atoms with Gasteiger partial charge in [0.05, 0.1) is 17.3 Å². The van der Waals surface area contributed by atoms with Gasteiger partial charge >= 0.3 is 0 Å². The monoisotopic (exact) mass is 566 g/mol. The molecule has 11 nitrogen and oxygen atoms in total. The summed E-state index contributed by atoms with van der Waals surface area (Å²) in [6.07, 6.45) is 7.00. The Hall–Kier alpha value is -0.320. The largest absolute Gasteiger partial charge is 0.286 e. The molecular weight excluding hydrogens is 520 g/mol. The average molecular weight is 567 g/mol. The molecule has 0 aromatic heterocycles. The van der Waals surface area contributed by atoms with Crippen LogP contribution in [0.5, 0.6) is 0 Å². The number of unbranched alkanes of at least 4 members (excludes halogenated alkanes) is 4. The molecule has 0 saturated carbocycles. The van der Waals surface area contributed by atoms with Crippen LogP contribution in [0.4, 0.5) is 0 Å². The second-order valence-corrected chi connectivity index (χ2v) is 13.9. The lowest BCUT2D eigenvalue weighted by Crippen LogP contribution is -2.02. The Kier molecular flexibility index (Phi) is 30.4. The molecule has 0 spiro atoms. The zero-order valence-electron chi connectivity index (χ0n) is 19.7. The molecule has 0 aromatic carbocycles. The molecule has 0 aliphatic carbocycles. The Labute approximate surface area is 202 Å². The number of sulfone groups is 1. The van der Waals surface area contributed by atoms with E-state index in [9.17, 15) is 33.7 Å². The van der Waals surface area contributed by atoms with Gasteiger partial charge in [0, 0.05) is 12.0 Å². The van der Waals surface area contributed by atoms with Crippen LogP contribution < -0.4 is 0 Å². The van der Waals surface area contributed by atoms with Crippen molar-refractivity contribution in [2.24, 2.45) is 0 Å². The van der Waals surface area contributed by atoms with E-state index in [-0.39, 0.29) is 24.7 Å². The van der Waals surface area contributed by atoms with E-state index in [2.05, 4.69) is 0 Å². The molecule has 0 saturated heterocycles. The van der Waals surface area contributed by atoms with Crippen molar-refractivity contribution in [1.82, 2.24) is 0 Å². The highest BCUT2D eigenvalue weighted by Crippen LogP contribution is 1.92. The second kappa shape index (κ2) is 23.4. The predicted molar refractivity (Wildman–Crippen MR) is 135 cm³/mol. The van der Waals surface area contributed by atoms with Gasteiger partial charge in [0.15, 0.2) is 0 Å². The van der Waals surface area contributed by atoms with Crippen LogP contribution in [0.3, 0.4) is 0 Å². The van der Waals surface area contributed by atoms with Crippen LogP contribution >= 0.6 is 0 Å². The average Bonchev–Trinajstić information content (AvgIpc) is 2.60. The molecule has 0 unspecified atom stereocenters. The van der Waals surface area contributed by atoms with Gasteiger partial charge < -0.3 is 0 Å². The fourth-order valence-corrected chi connectivity index (χ4v) is 4.16. The van der Waals surface area contributed by atoms with Gasteiger partial charge in [0.1, 0.15) is 9.84 Å². The van der Waals surface area contributed by atoms with E-state index in [1.165, 1.54) is 6.26 Å². The summed E-state index contributed by atoms with van der Waals surface area (Å²) in [7, 11) is -13.7. The minimum absolute atomic E-state index is 0. The minimum atomic E-state index is -3.69. The topological polar surface area (TPSA) is 197 Å². The van der Waals surface area contributed by atoms with Crippen LogP contribution in [0.15, 0.2) is 0 Å². The Morgan fingerprint density at radius 3 is 0.697 bits per heavy atom. The first kappa shape index (κ1) is 42.8. The number of rotatable bonds is 12. The summed E-state index contributed by atoms with van der Waals surface area (Å²) < 4.78 is 105. The highest BCUT2D eigenvalue weighted by Gasteiger charge is 2.01. The summed E-state index contributed by atoms with van der Waals surface area (Å²) in [4.78, 5) is 0. The number of hydrogen-bond donors (Lipinski definition) is 3. The van der Waals surface area contributed by atoms with Crippen molar-refractivity contribution in [3.05, 3.63) is 0 Å². The van der Waals surface area contributed by atoms with Crippen molar-refractivity contribution in [1.29, 1.82) is 0 Å².